The van der Waals surface area contributed by atoms with Gasteiger partial charge in [-0.1, -0.05) is 50.3 Å². The Morgan fingerprint density at radius 1 is 0.875 bits per heavy atom. The predicted octanol–water partition coefficient (Wildman–Crippen LogP) is 5.42. The highest BCUT2D eigenvalue weighted by Crippen LogP contribution is 2.44. The van der Waals surface area contributed by atoms with Crippen LogP contribution in [0.4, 0.5) is 0 Å². The van der Waals surface area contributed by atoms with Crippen molar-refractivity contribution in [1.82, 2.24) is 0 Å². The van der Waals surface area contributed by atoms with Gasteiger partial charge in [0.2, 0.25) is 0 Å². The number of ether oxygens (including phenoxy) is 6. The third kappa shape index (κ3) is 16.5. The second kappa shape index (κ2) is 23.9. The van der Waals surface area contributed by atoms with E-state index in [1.54, 1.807) is 56.3 Å². The molecule has 0 aliphatic heterocycles. The number of aromatic hydroxyl groups is 1. The van der Waals surface area contributed by atoms with E-state index in [9.17, 15) is 38.5 Å². The second-order valence-corrected chi connectivity index (χ2v) is 13.6. The summed E-state index contributed by atoms with van der Waals surface area (Å²) >= 11 is 0. The molecule has 1 unspecified atom stereocenters. The first kappa shape index (κ1) is 45.5. The average Bonchev–Trinajstić information content (AvgIpc) is 3.50. The summed E-state index contributed by atoms with van der Waals surface area (Å²) in [4.78, 5) is 70.1. The highest BCUT2D eigenvalue weighted by molar-refractivity contribution is 7.47. The molecular weight excluding hydrogens is 755 g/mol. The van der Waals surface area contributed by atoms with Crippen LogP contribution < -0.4 is 9.47 Å². The zero-order valence-corrected chi connectivity index (χ0v) is 32.5. The number of fused-ring (bicyclic) bond motifs is 1. The predicted molar refractivity (Wildman–Crippen MR) is 200 cm³/mol. The van der Waals surface area contributed by atoms with E-state index in [-0.39, 0.29) is 88.6 Å². The van der Waals surface area contributed by atoms with Crippen molar-refractivity contribution in [3.8, 4) is 17.2 Å². The average molecular weight is 804 g/mol. The Labute approximate surface area is 325 Å². The molecule has 0 bridgehead atoms. The number of allylic oxidation sites excluding steroid dienone is 3. The van der Waals surface area contributed by atoms with Crippen LogP contribution in [-0.2, 0) is 58.2 Å². The van der Waals surface area contributed by atoms with E-state index >= 15 is 0 Å². The molecule has 3 rings (SSSR count). The van der Waals surface area contributed by atoms with Gasteiger partial charge in [0.05, 0.1) is 20.3 Å². The number of rotatable bonds is 26. The molecule has 16 nitrogen and oxygen atoms in total. The maximum Gasteiger partial charge on any atom is 0.469 e. The number of phosphoric ester groups is 1. The summed E-state index contributed by atoms with van der Waals surface area (Å²) in [5.74, 6) is -1.26. The Hall–Kier alpha value is -4.86. The third-order valence-corrected chi connectivity index (χ3v) is 8.79. The van der Waals surface area contributed by atoms with Crippen LogP contribution in [0.25, 0.3) is 6.08 Å². The second-order valence-electron chi connectivity index (χ2n) is 12.1. The molecule has 0 heterocycles. The molecule has 1 atom stereocenters. The molecule has 0 fully saturated rings. The maximum atomic E-state index is 13.0. The number of phosphoric acid groups is 1. The van der Waals surface area contributed by atoms with Crippen LogP contribution >= 0.6 is 7.82 Å². The lowest BCUT2D eigenvalue weighted by molar-refractivity contribution is -0.152. The Morgan fingerprint density at radius 3 is 2.39 bits per heavy atom. The van der Waals surface area contributed by atoms with Gasteiger partial charge in [0.25, 0.3) is 5.97 Å². The van der Waals surface area contributed by atoms with Gasteiger partial charge in [-0.05, 0) is 54.8 Å². The summed E-state index contributed by atoms with van der Waals surface area (Å²) in [6, 6.07) is 10.1. The van der Waals surface area contributed by atoms with E-state index < -0.39 is 38.9 Å². The number of phenolic OH excluding ortho intramolecular Hbond substituents is 1. The van der Waals surface area contributed by atoms with E-state index in [0.29, 0.717) is 35.5 Å². The summed E-state index contributed by atoms with van der Waals surface area (Å²) in [6.45, 7) is 1.87. The highest BCUT2D eigenvalue weighted by Gasteiger charge is 2.25. The molecule has 0 spiro atoms. The van der Waals surface area contributed by atoms with Crippen LogP contribution in [0, 0.1) is 6.10 Å². The number of hydrogen-bond donors (Lipinski definition) is 2. The zero-order chi connectivity index (χ0) is 40.9. The van der Waals surface area contributed by atoms with Crippen LogP contribution in [0.5, 0.6) is 17.2 Å². The Kier molecular flexibility index (Phi) is 19.5. The Morgan fingerprint density at radius 2 is 1.64 bits per heavy atom. The molecule has 17 heteroatoms. The maximum absolute atomic E-state index is 13.0. The van der Waals surface area contributed by atoms with E-state index in [4.69, 9.17) is 37.5 Å². The van der Waals surface area contributed by atoms with Gasteiger partial charge in [-0.3, -0.25) is 28.5 Å². The van der Waals surface area contributed by atoms with Crippen LogP contribution in [0.2, 0.25) is 0 Å². The van der Waals surface area contributed by atoms with E-state index in [2.05, 4.69) is 0 Å². The zero-order valence-electron chi connectivity index (χ0n) is 31.7. The Bertz CT molecular complexity index is 1770. The van der Waals surface area contributed by atoms with Crippen molar-refractivity contribution in [1.29, 1.82) is 0 Å². The fourth-order valence-electron chi connectivity index (χ4n) is 4.86. The number of phenols is 1. The number of methoxy groups -OCH3 is 1. The van der Waals surface area contributed by atoms with E-state index in [1.165, 1.54) is 13.2 Å². The van der Waals surface area contributed by atoms with Gasteiger partial charge in [-0.25, -0.2) is 4.57 Å². The van der Waals surface area contributed by atoms with Gasteiger partial charge in [0, 0.05) is 56.5 Å². The van der Waals surface area contributed by atoms with Crippen molar-refractivity contribution in [2.75, 3.05) is 53.4 Å². The molecule has 2 N–H and O–H groups in total. The molecule has 0 radical (unpaired) electrons. The lowest BCUT2D eigenvalue weighted by Crippen LogP contribution is -2.22. The lowest BCUT2D eigenvalue weighted by Gasteiger charge is -2.30. The molecule has 0 aromatic heterocycles. The summed E-state index contributed by atoms with van der Waals surface area (Å²) in [5.41, 5.74) is 2.81. The van der Waals surface area contributed by atoms with Gasteiger partial charge in [0.1, 0.15) is 19.0 Å². The van der Waals surface area contributed by atoms with Gasteiger partial charge < -0.3 is 42.9 Å². The van der Waals surface area contributed by atoms with Crippen LogP contribution in [-0.4, -0.2) is 92.8 Å². The topological polar surface area (TPSA) is 217 Å². The van der Waals surface area contributed by atoms with Crippen molar-refractivity contribution in [3.63, 3.8) is 0 Å². The smallest absolute Gasteiger partial charge is 0.469 e. The molecule has 1 aliphatic carbocycles. The minimum absolute atomic E-state index is 0.0184. The SMILES string of the molecule is CCC(=O)OC[C-](COP(=O)(O)OCCCC(=O)OCCOCCCC(=O)COc1ccc2c(c1)C(=O)/C(=C\C=C\c1ccc(O)c(OC)c1)C2)OC(=O)CC. The molecule has 1 aliphatic rings. The van der Waals surface area contributed by atoms with Crippen molar-refractivity contribution in [2.24, 2.45) is 0 Å². The van der Waals surface area contributed by atoms with Crippen molar-refractivity contribution in [3.05, 3.63) is 76.9 Å². The van der Waals surface area contributed by atoms with Crippen LogP contribution in [0.3, 0.4) is 0 Å². The fourth-order valence-corrected chi connectivity index (χ4v) is 5.60. The number of carbonyl (C=O) groups excluding carboxylic acids is 5. The molecule has 56 heavy (non-hydrogen) atoms. The summed E-state index contributed by atoms with van der Waals surface area (Å²) in [6.07, 6.45) is 6.26. The third-order valence-electron chi connectivity index (χ3n) is 7.82. The van der Waals surface area contributed by atoms with Crippen molar-refractivity contribution >= 4 is 43.4 Å². The minimum atomic E-state index is -4.58. The number of esters is 3. The molecule has 0 amide bonds. The molecule has 0 saturated carbocycles. The first-order chi connectivity index (χ1) is 26.8. The summed E-state index contributed by atoms with van der Waals surface area (Å²) in [7, 11) is -3.11. The fraction of sp³-hybridized carbons (Fsp3) is 0.436. The van der Waals surface area contributed by atoms with Crippen LogP contribution in [0.1, 0.15) is 73.9 Å². The molecule has 2 aromatic rings. The number of Topliss-reactive ketones (excluding diaryl/α,β-unsaturated/α-hetero) is 2. The summed E-state index contributed by atoms with van der Waals surface area (Å²) in [5, 5.41) is 9.76. The van der Waals surface area contributed by atoms with E-state index in [0.717, 1.165) is 11.1 Å². The molecule has 0 saturated heterocycles. The highest BCUT2D eigenvalue weighted by atomic mass is 31.2. The van der Waals surface area contributed by atoms with Gasteiger partial charge in [-0.2, -0.15) is 0 Å². The lowest BCUT2D eigenvalue weighted by atomic mass is 10.1. The Balaban J connectivity index is 1.24. The number of carbonyl (C=O) groups is 5. The largest absolute Gasteiger partial charge is 0.629 e. The normalized spacial score (nSPS) is 14.1. The standard InChI is InChI=1S/C39H48O16P/c1-4-36(42)52-25-32(55-37(43)5-2)26-54-56(46,47)53-18-8-12-38(44)50-20-19-49-17-7-11-30(40)24-51-31-15-14-28-22-29(39(45)33(28)23-31)10-6-9-27-13-16-34(41)35(21-27)48-3/h6,9-10,13-16,21,23,41H,4-5,7-8,11-12,17-20,22,24-26H2,1-3H3,(H,46,47)/q-1/b9-6+,29-10-. The van der Waals surface area contributed by atoms with Crippen LogP contribution in [0.15, 0.2) is 54.1 Å². The number of ketones is 2. The van der Waals surface area contributed by atoms with E-state index in [1.807, 2.05) is 6.07 Å². The van der Waals surface area contributed by atoms with Gasteiger partial charge >= 0.3 is 19.8 Å². The van der Waals surface area contributed by atoms with Gasteiger partial charge in [-0.15, -0.1) is 0 Å². The quantitative estimate of drug-likeness (QED) is 0.0303. The number of benzene rings is 2. The molecule has 2 aromatic carbocycles. The summed E-state index contributed by atoms with van der Waals surface area (Å²) < 4.78 is 52.9. The van der Waals surface area contributed by atoms with Gasteiger partial charge in [0.15, 0.2) is 23.1 Å². The van der Waals surface area contributed by atoms with Crippen molar-refractivity contribution in [2.45, 2.75) is 58.8 Å². The molecular formula is C39H48O16P-. The first-order valence-corrected chi connectivity index (χ1v) is 19.5. The minimum Gasteiger partial charge on any atom is -0.629 e. The molecule has 306 valence electrons. The first-order valence-electron chi connectivity index (χ1n) is 18.0. The number of hydrogen-bond acceptors (Lipinski definition) is 15. The monoisotopic (exact) mass is 803 g/mol. The van der Waals surface area contributed by atoms with Crippen molar-refractivity contribution < 1.29 is 76.0 Å².